The van der Waals surface area contributed by atoms with E-state index in [1.807, 2.05) is 6.92 Å². The van der Waals surface area contributed by atoms with E-state index in [2.05, 4.69) is 5.32 Å². The predicted octanol–water partition coefficient (Wildman–Crippen LogP) is 4.93. The van der Waals surface area contributed by atoms with Gasteiger partial charge in [0.1, 0.15) is 5.75 Å². The Labute approximate surface area is 210 Å². The van der Waals surface area contributed by atoms with Crippen LogP contribution in [0.1, 0.15) is 35.3 Å². The molecule has 0 heterocycles. The van der Waals surface area contributed by atoms with Gasteiger partial charge in [0.2, 0.25) is 15.9 Å². The van der Waals surface area contributed by atoms with Gasteiger partial charge < -0.3 is 10.1 Å². The Kier molecular flexibility index (Phi) is 8.67. The fourth-order valence-corrected chi connectivity index (χ4v) is 5.19. The molecule has 0 aromatic heterocycles. The van der Waals surface area contributed by atoms with Gasteiger partial charge in [-0.2, -0.15) is 4.31 Å². The molecule has 3 aromatic carbocycles. The van der Waals surface area contributed by atoms with Gasteiger partial charge in [-0.05, 0) is 55.8 Å². The number of nitrogens with zero attached hydrogens (tertiary/aromatic N) is 1. The molecule has 184 valence electrons. The van der Waals surface area contributed by atoms with Gasteiger partial charge in [0.05, 0.1) is 23.7 Å². The highest BCUT2D eigenvalue weighted by molar-refractivity contribution is 7.89. The van der Waals surface area contributed by atoms with Gasteiger partial charge in [-0.25, -0.2) is 8.42 Å². The molecule has 35 heavy (non-hydrogen) atoms. The number of nitrogens with one attached hydrogen (secondary N) is 1. The van der Waals surface area contributed by atoms with Crippen LogP contribution in [0.4, 0.5) is 5.69 Å². The minimum Gasteiger partial charge on any atom is -0.494 e. The summed E-state index contributed by atoms with van der Waals surface area (Å²) in [6, 6.07) is 17.7. The zero-order valence-corrected chi connectivity index (χ0v) is 21.3. The number of halogens is 1. The summed E-state index contributed by atoms with van der Waals surface area (Å²) in [7, 11) is -3.94. The van der Waals surface area contributed by atoms with Crippen LogP contribution < -0.4 is 10.1 Å². The summed E-state index contributed by atoms with van der Waals surface area (Å²) in [5, 5.41) is 3.01. The zero-order chi connectivity index (χ0) is 25.6. The number of ketones is 1. The van der Waals surface area contributed by atoms with Gasteiger partial charge in [-0.1, -0.05) is 48.9 Å². The molecule has 0 aliphatic carbocycles. The third kappa shape index (κ3) is 6.28. The molecule has 1 amide bonds. The number of amides is 1. The highest BCUT2D eigenvalue weighted by atomic mass is 35.5. The summed E-state index contributed by atoms with van der Waals surface area (Å²) in [6.45, 7) is 5.39. The molecule has 0 bridgehead atoms. The number of benzene rings is 3. The van der Waals surface area contributed by atoms with Crippen LogP contribution >= 0.6 is 11.6 Å². The zero-order valence-electron chi connectivity index (χ0n) is 19.7. The second-order valence-corrected chi connectivity index (χ2v) is 10.1. The van der Waals surface area contributed by atoms with Crippen molar-refractivity contribution in [1.82, 2.24) is 4.31 Å². The van der Waals surface area contributed by atoms with E-state index in [1.54, 1.807) is 56.3 Å². The number of anilines is 1. The topological polar surface area (TPSA) is 92.8 Å². The largest absolute Gasteiger partial charge is 0.494 e. The first kappa shape index (κ1) is 26.4. The van der Waals surface area contributed by atoms with E-state index in [0.717, 1.165) is 4.31 Å². The van der Waals surface area contributed by atoms with Crippen LogP contribution in [0.25, 0.3) is 0 Å². The average Bonchev–Trinajstić information content (AvgIpc) is 2.85. The smallest absolute Gasteiger partial charge is 0.243 e. The number of likely N-dealkylation sites (N-methyl/N-ethyl adjacent to an activating group) is 1. The molecule has 7 nitrogen and oxygen atoms in total. The standard InChI is InChI=1S/C26H27ClN2O5S/c1-4-29(35(32,33)21-12-14-24(34-5-2)18(3)15-21)17-25(30)28-23-13-11-20(27)16-22(23)26(31)19-9-7-6-8-10-19/h6-16H,4-5,17H2,1-3H3,(H,28,30). The number of carbonyl (C=O) groups is 2. The van der Waals surface area contributed by atoms with Crippen molar-refractivity contribution in [3.8, 4) is 5.75 Å². The summed E-state index contributed by atoms with van der Waals surface area (Å²) >= 11 is 6.10. The summed E-state index contributed by atoms with van der Waals surface area (Å²) < 4.78 is 33.0. The molecule has 0 fully saturated rings. The van der Waals surface area contributed by atoms with Crippen molar-refractivity contribution in [2.24, 2.45) is 0 Å². The number of sulfonamides is 1. The Balaban J connectivity index is 1.82. The molecule has 0 aliphatic rings. The van der Waals surface area contributed by atoms with Crippen molar-refractivity contribution < 1.29 is 22.7 Å². The highest BCUT2D eigenvalue weighted by Gasteiger charge is 2.26. The van der Waals surface area contributed by atoms with Crippen LogP contribution in [0.3, 0.4) is 0 Å². The molecule has 0 unspecified atom stereocenters. The SMILES string of the molecule is CCOc1ccc(S(=O)(=O)N(CC)CC(=O)Nc2ccc(Cl)cc2C(=O)c2ccccc2)cc1C. The first-order chi connectivity index (χ1) is 16.7. The maximum Gasteiger partial charge on any atom is 0.243 e. The van der Waals surface area contributed by atoms with Crippen LogP contribution in [0.5, 0.6) is 5.75 Å². The first-order valence-corrected chi connectivity index (χ1v) is 12.9. The Bertz CT molecular complexity index is 1330. The summed E-state index contributed by atoms with van der Waals surface area (Å²) in [6.07, 6.45) is 0. The van der Waals surface area contributed by atoms with Crippen LogP contribution in [0.2, 0.25) is 5.02 Å². The molecule has 0 atom stereocenters. The second kappa shape index (κ2) is 11.5. The fraction of sp³-hybridized carbons (Fsp3) is 0.231. The lowest BCUT2D eigenvalue weighted by molar-refractivity contribution is -0.116. The van der Waals surface area contributed by atoms with Gasteiger partial charge in [0.15, 0.2) is 5.78 Å². The molecule has 3 aromatic rings. The summed E-state index contributed by atoms with van der Waals surface area (Å²) in [5.41, 5.74) is 1.58. The van der Waals surface area contributed by atoms with Crippen LogP contribution in [-0.4, -0.2) is 44.1 Å². The van der Waals surface area contributed by atoms with E-state index in [-0.39, 0.29) is 28.5 Å². The van der Waals surface area contributed by atoms with Crippen LogP contribution in [-0.2, 0) is 14.8 Å². The maximum atomic E-state index is 13.2. The average molecular weight is 515 g/mol. The van der Waals surface area contributed by atoms with Crippen molar-refractivity contribution in [2.75, 3.05) is 25.0 Å². The summed E-state index contributed by atoms with van der Waals surface area (Å²) in [5.74, 6) is -0.290. The molecule has 0 aliphatic heterocycles. The first-order valence-electron chi connectivity index (χ1n) is 11.1. The molecular weight excluding hydrogens is 488 g/mol. The molecule has 0 spiro atoms. The molecule has 0 radical (unpaired) electrons. The Morgan fingerprint density at radius 3 is 2.34 bits per heavy atom. The molecule has 0 saturated carbocycles. The number of hydrogen-bond donors (Lipinski definition) is 1. The van der Waals surface area contributed by atoms with E-state index >= 15 is 0 Å². The molecule has 1 N–H and O–H groups in total. The van der Waals surface area contributed by atoms with Gasteiger partial charge in [0, 0.05) is 22.7 Å². The fourth-order valence-electron chi connectivity index (χ4n) is 3.52. The lowest BCUT2D eigenvalue weighted by Gasteiger charge is -2.21. The van der Waals surface area contributed by atoms with Gasteiger partial charge in [0.25, 0.3) is 0 Å². The molecule has 9 heteroatoms. The Morgan fingerprint density at radius 1 is 1.00 bits per heavy atom. The van der Waals surface area contributed by atoms with Crippen molar-refractivity contribution >= 4 is 39.0 Å². The van der Waals surface area contributed by atoms with Crippen molar-refractivity contribution in [1.29, 1.82) is 0 Å². The molecular formula is C26H27ClN2O5S. The number of hydrogen-bond acceptors (Lipinski definition) is 5. The van der Waals surface area contributed by atoms with E-state index in [4.69, 9.17) is 16.3 Å². The number of ether oxygens (including phenoxy) is 1. The normalized spacial score (nSPS) is 11.3. The molecule has 3 rings (SSSR count). The van der Waals surface area contributed by atoms with E-state index in [9.17, 15) is 18.0 Å². The van der Waals surface area contributed by atoms with Gasteiger partial charge >= 0.3 is 0 Å². The second-order valence-electron chi connectivity index (χ2n) is 7.72. The number of carbonyl (C=O) groups excluding carboxylic acids is 2. The molecule has 0 saturated heterocycles. The minimum atomic E-state index is -3.94. The number of aryl methyl sites for hydroxylation is 1. The van der Waals surface area contributed by atoms with Crippen LogP contribution in [0, 0.1) is 6.92 Å². The Morgan fingerprint density at radius 2 is 1.71 bits per heavy atom. The Hall–Kier alpha value is -3.20. The predicted molar refractivity (Wildman–Crippen MR) is 137 cm³/mol. The van der Waals surface area contributed by atoms with E-state index in [1.165, 1.54) is 24.3 Å². The van der Waals surface area contributed by atoms with E-state index < -0.39 is 22.5 Å². The monoisotopic (exact) mass is 514 g/mol. The van der Waals surface area contributed by atoms with Gasteiger partial charge in [-0.15, -0.1) is 0 Å². The summed E-state index contributed by atoms with van der Waals surface area (Å²) in [4.78, 5) is 26.0. The third-order valence-corrected chi connectivity index (χ3v) is 7.44. The lowest BCUT2D eigenvalue weighted by atomic mass is 10.0. The van der Waals surface area contributed by atoms with Crippen molar-refractivity contribution in [2.45, 2.75) is 25.7 Å². The van der Waals surface area contributed by atoms with Crippen molar-refractivity contribution in [3.05, 3.63) is 88.4 Å². The van der Waals surface area contributed by atoms with Gasteiger partial charge in [-0.3, -0.25) is 9.59 Å². The van der Waals surface area contributed by atoms with Crippen molar-refractivity contribution in [3.63, 3.8) is 0 Å². The lowest BCUT2D eigenvalue weighted by Crippen LogP contribution is -2.38. The third-order valence-electron chi connectivity index (χ3n) is 5.29. The maximum absolute atomic E-state index is 13.2. The van der Waals surface area contributed by atoms with E-state index in [0.29, 0.717) is 28.5 Å². The highest BCUT2D eigenvalue weighted by Crippen LogP contribution is 2.26. The van der Waals surface area contributed by atoms with Crippen LogP contribution in [0.15, 0.2) is 71.6 Å². The number of rotatable bonds is 10. The quantitative estimate of drug-likeness (QED) is 0.387. The minimum absolute atomic E-state index is 0.0690.